The Hall–Kier alpha value is -6.15. The van der Waals surface area contributed by atoms with Gasteiger partial charge in [0, 0.05) is 118 Å². The van der Waals surface area contributed by atoms with E-state index in [9.17, 15) is 44.3 Å². The summed E-state index contributed by atoms with van der Waals surface area (Å²) in [4.78, 5) is 91.3. The molecule has 4 aliphatic heterocycles. The van der Waals surface area contributed by atoms with Crippen LogP contribution >= 0.6 is 7.37 Å². The molecule has 2 amide bonds. The molecule has 7 rings (SSSR count). The Morgan fingerprint density at radius 1 is 0.951 bits per heavy atom. The van der Waals surface area contributed by atoms with Crippen molar-refractivity contribution in [2.24, 2.45) is 40.0 Å². The number of nitrogens with zero attached hydrogens (tertiary/aromatic N) is 3. The van der Waals surface area contributed by atoms with Crippen molar-refractivity contribution in [3.05, 3.63) is 87.9 Å². The number of methoxy groups -OCH3 is 1. The lowest BCUT2D eigenvalue weighted by Crippen LogP contribution is -2.62. The summed E-state index contributed by atoms with van der Waals surface area (Å²) in [6.45, 7) is 24.1. The van der Waals surface area contributed by atoms with Crippen LogP contribution in [-0.4, -0.2) is 146 Å². The van der Waals surface area contributed by atoms with Crippen molar-refractivity contribution in [3.63, 3.8) is 0 Å². The maximum atomic E-state index is 16.2. The second kappa shape index (κ2) is 23.6. The summed E-state index contributed by atoms with van der Waals surface area (Å²) in [6, 6.07) is 2.78. The zero-order valence-corrected chi connectivity index (χ0v) is 50.0. The van der Waals surface area contributed by atoms with Crippen molar-refractivity contribution in [2.45, 2.75) is 151 Å². The van der Waals surface area contributed by atoms with E-state index in [2.05, 4.69) is 24.1 Å². The lowest BCUT2D eigenvalue weighted by Gasteiger charge is -2.48. The fourth-order valence-electron chi connectivity index (χ4n) is 12.1. The number of aliphatic hydroxyl groups excluding tert-OH is 3. The molecule has 21 heteroatoms. The van der Waals surface area contributed by atoms with E-state index in [4.69, 9.17) is 28.7 Å². The largest absolute Gasteiger partial charge is 0.507 e. The molecular formula is C60H81N4O16P. The molecule has 442 valence electrons. The van der Waals surface area contributed by atoms with Crippen LogP contribution in [0.2, 0.25) is 0 Å². The molecule has 1 spiro atoms. The van der Waals surface area contributed by atoms with Gasteiger partial charge in [0.1, 0.15) is 40.8 Å². The Morgan fingerprint density at radius 3 is 2.20 bits per heavy atom. The average Bonchev–Trinajstić information content (AvgIpc) is 2.80. The van der Waals surface area contributed by atoms with Crippen molar-refractivity contribution in [3.8, 4) is 17.2 Å². The van der Waals surface area contributed by atoms with E-state index in [0.29, 0.717) is 13.1 Å². The number of aliphatic imine (C=N–C) groups is 1. The average molecular weight is 1150 g/mol. The van der Waals surface area contributed by atoms with Crippen LogP contribution in [0.3, 0.4) is 0 Å². The highest BCUT2D eigenvalue weighted by molar-refractivity contribution is 7.65. The monoisotopic (exact) mass is 1140 g/mol. The van der Waals surface area contributed by atoms with Crippen molar-refractivity contribution >= 4 is 53.7 Å². The number of ketones is 1. The molecule has 4 heterocycles. The van der Waals surface area contributed by atoms with Gasteiger partial charge in [0.2, 0.25) is 13.3 Å². The summed E-state index contributed by atoms with van der Waals surface area (Å²) in [5.41, 5.74) is -3.06. The fourth-order valence-corrected chi connectivity index (χ4v) is 12.8. The van der Waals surface area contributed by atoms with Gasteiger partial charge < -0.3 is 64.1 Å². The van der Waals surface area contributed by atoms with Crippen LogP contribution < -0.4 is 20.1 Å². The first-order valence-electron chi connectivity index (χ1n) is 27.6. The zero-order valence-electron chi connectivity index (χ0n) is 49.2. The predicted molar refractivity (Wildman–Crippen MR) is 303 cm³/mol. The molecule has 2 unspecified atom stereocenters. The molecule has 5 bridgehead atoms. The van der Waals surface area contributed by atoms with E-state index in [-0.39, 0.29) is 86.8 Å². The molecule has 5 aliphatic rings. The van der Waals surface area contributed by atoms with Gasteiger partial charge in [-0.05, 0) is 56.0 Å². The molecule has 1 fully saturated rings. The van der Waals surface area contributed by atoms with Crippen LogP contribution in [0.1, 0.15) is 129 Å². The van der Waals surface area contributed by atoms with Gasteiger partial charge in [0.15, 0.2) is 0 Å². The normalized spacial score (nSPS) is 30.3. The van der Waals surface area contributed by atoms with Gasteiger partial charge in [-0.2, -0.15) is 0 Å². The second-order valence-electron chi connectivity index (χ2n) is 24.0. The highest BCUT2D eigenvalue weighted by atomic mass is 31.2. The summed E-state index contributed by atoms with van der Waals surface area (Å²) in [7, 11) is -2.44. The SMILES string of the molecule is CO[C@H]1/C=C/O[C@@]2(C)Oc3c(C)c(O)c4c(c3C2=O)C2=NC3(CCN(CC(C)C)CC3)N(C(=O)C(C)(C)Cc3cc(P(C)(=O)O)ccc3OC(C)=O)C2C(=C4O)NC(=O)/C(C)=C\C=C\[C@H](C)[C@H](O)[C@@H](C)[C@@H](O)[C@@H](C)[C@H](OC(C)=O)[C@@H]1C. The molecule has 2 aromatic rings. The maximum absolute atomic E-state index is 16.2. The van der Waals surface area contributed by atoms with Crippen molar-refractivity contribution < 1.29 is 77.5 Å². The molecule has 0 aromatic heterocycles. The highest BCUT2D eigenvalue weighted by Crippen LogP contribution is 2.54. The number of carbonyl (C=O) groups is 5. The Morgan fingerprint density at radius 2 is 1.60 bits per heavy atom. The molecule has 81 heavy (non-hydrogen) atoms. The number of carbonyl (C=O) groups excluding carboxylic acids is 5. The van der Waals surface area contributed by atoms with Crippen molar-refractivity contribution in [1.82, 2.24) is 15.1 Å². The minimum absolute atomic E-state index is 0.0381. The number of aromatic hydroxyl groups is 1. The number of benzene rings is 2. The van der Waals surface area contributed by atoms with Gasteiger partial charge in [0.05, 0.1) is 47.1 Å². The third kappa shape index (κ3) is 12.2. The Bertz CT molecular complexity index is 3050. The van der Waals surface area contributed by atoms with Gasteiger partial charge in [-0.15, -0.1) is 0 Å². The lowest BCUT2D eigenvalue weighted by molar-refractivity contribution is -0.160. The number of Topliss-reactive ketones (excluding diaryl/α,β-unsaturated/α-hetero) is 1. The molecular weight excluding hydrogens is 1060 g/mol. The Kier molecular flexibility index (Phi) is 18.2. The van der Waals surface area contributed by atoms with Crippen LogP contribution in [0.25, 0.3) is 5.76 Å². The van der Waals surface area contributed by atoms with E-state index in [0.717, 1.165) is 6.54 Å². The van der Waals surface area contributed by atoms with E-state index in [1.165, 1.54) is 89.9 Å². The van der Waals surface area contributed by atoms with Crippen LogP contribution in [0.4, 0.5) is 0 Å². The number of likely N-dealkylation sites (tertiary alicyclic amines) is 1. The molecule has 0 radical (unpaired) electrons. The van der Waals surface area contributed by atoms with E-state index >= 15 is 9.59 Å². The maximum Gasteiger partial charge on any atom is 0.312 e. The van der Waals surface area contributed by atoms with Gasteiger partial charge in [-0.25, -0.2) is 0 Å². The summed E-state index contributed by atoms with van der Waals surface area (Å²) in [5.74, 6) is -9.09. The van der Waals surface area contributed by atoms with Gasteiger partial charge in [0.25, 0.3) is 11.7 Å². The fraction of sp³-hybridized carbons (Fsp3) is 0.567. The van der Waals surface area contributed by atoms with Gasteiger partial charge in [-0.1, -0.05) is 73.6 Å². The molecule has 1 saturated heterocycles. The first-order valence-corrected chi connectivity index (χ1v) is 29.7. The number of esters is 2. The van der Waals surface area contributed by atoms with Gasteiger partial charge in [-0.3, -0.25) is 33.5 Å². The van der Waals surface area contributed by atoms with Gasteiger partial charge >= 0.3 is 17.7 Å². The van der Waals surface area contributed by atoms with Crippen LogP contribution in [0.15, 0.2) is 65.0 Å². The number of ether oxygens (including phenoxy) is 5. The number of piperidine rings is 1. The van der Waals surface area contributed by atoms with Crippen LogP contribution in [0, 0.1) is 41.9 Å². The first-order chi connectivity index (χ1) is 37.7. The summed E-state index contributed by atoms with van der Waals surface area (Å²) in [5, 5.41) is 51.6. The summed E-state index contributed by atoms with van der Waals surface area (Å²) in [6.07, 6.45) is 3.65. The van der Waals surface area contributed by atoms with E-state index < -0.39 is 119 Å². The number of phenolic OH excluding ortho intramolecular Hbond substituents is 1. The summed E-state index contributed by atoms with van der Waals surface area (Å²) >= 11 is 0. The lowest BCUT2D eigenvalue weighted by atomic mass is 9.78. The highest BCUT2D eigenvalue weighted by Gasteiger charge is 2.60. The molecule has 2 aromatic carbocycles. The Labute approximate surface area is 474 Å². The number of nitrogens with one attached hydrogen (secondary N) is 1. The Balaban J connectivity index is 1.46. The number of amides is 2. The second-order valence-corrected chi connectivity index (χ2v) is 26.2. The number of rotatable bonds is 9. The van der Waals surface area contributed by atoms with Crippen molar-refractivity contribution in [1.29, 1.82) is 0 Å². The molecule has 6 N–H and O–H groups in total. The third-order valence-electron chi connectivity index (χ3n) is 16.6. The number of allylic oxidation sites excluding steroid dienone is 2. The number of fused-ring (bicyclic) bond motifs is 3. The third-order valence-corrected chi connectivity index (χ3v) is 17.8. The first kappa shape index (κ1) is 62.5. The minimum Gasteiger partial charge on any atom is -0.507 e. The zero-order chi connectivity index (χ0) is 60.2. The van der Waals surface area contributed by atoms with E-state index in [1.807, 2.05) is 0 Å². The van der Waals surface area contributed by atoms with Crippen LogP contribution in [0.5, 0.6) is 17.2 Å². The summed E-state index contributed by atoms with van der Waals surface area (Å²) < 4.78 is 43.0. The topological polar surface area (TPSA) is 281 Å². The number of hydrogen-bond donors (Lipinski definition) is 6. The standard InChI is InChI=1S/C60H81N4O16P/c1-30(2)29-63-24-22-60(23-25-63)62-46-43-44-51(69)36(8)54-45(43)55(71)59(13,80-54)77-26-21-41(76-14)33(5)53(79-38(10)66)35(7)50(68)34(6)49(67)31(3)17-16-18-32(4)56(72)61-47(52(44)70)48(46)64(60)57(73)58(11,12)28-39-27-40(81(15,74)75)19-20-42(39)78-37(9)65/h16-21,26-27,30-31,33-35,41,48-50,53,67-70H,22-25,28-29H2,1-15H3,(H,61,72)(H,74,75)/b17-16+,26-21+,32-18-/t31-,33+,34+,35+,41-,48?,49-,50+,53+,59-/m0/s1. The smallest absolute Gasteiger partial charge is 0.312 e. The molecule has 20 nitrogen and oxygen atoms in total. The number of hydrogen-bond acceptors (Lipinski definition) is 17. The molecule has 0 saturated carbocycles. The van der Waals surface area contributed by atoms with E-state index in [1.54, 1.807) is 53.7 Å². The number of phenols is 1. The minimum atomic E-state index is -3.87. The van der Waals surface area contributed by atoms with Crippen molar-refractivity contribution in [2.75, 3.05) is 33.4 Å². The molecule has 1 aliphatic carbocycles. The number of aliphatic hydroxyl groups is 3. The predicted octanol–water partition coefficient (Wildman–Crippen LogP) is 6.78. The molecule has 11 atom stereocenters. The quantitative estimate of drug-likeness (QED) is 0.0858. The van der Waals surface area contributed by atoms with Crippen LogP contribution in [-0.2, 0) is 44.4 Å².